The molecule has 0 saturated carbocycles. The third kappa shape index (κ3) is 1.89. The van der Waals surface area contributed by atoms with Gasteiger partial charge in [0.25, 0.3) is 0 Å². The highest BCUT2D eigenvalue weighted by atomic mass is 16.1. The number of Topliss-reactive ketones (excluding diaryl/α,β-unsaturated/α-hetero) is 1. The number of anilines is 1. The summed E-state index contributed by atoms with van der Waals surface area (Å²) >= 11 is 0. The Bertz CT molecular complexity index is 329. The van der Waals surface area contributed by atoms with Crippen LogP contribution in [0, 0.1) is 0 Å². The molecule has 0 aliphatic rings. The van der Waals surface area contributed by atoms with Crippen molar-refractivity contribution in [1.29, 1.82) is 0 Å². The SMILES string of the molecule is CC(=O)c1c(N)cccc1C(C)C. The number of benzene rings is 1. The molecule has 0 atom stereocenters. The molecule has 0 saturated heterocycles. The molecule has 2 nitrogen and oxygen atoms in total. The average Bonchev–Trinajstić information content (AvgIpc) is 2.02. The highest BCUT2D eigenvalue weighted by molar-refractivity contribution is 6.00. The van der Waals surface area contributed by atoms with E-state index in [-0.39, 0.29) is 5.78 Å². The third-order valence-electron chi connectivity index (χ3n) is 2.10. The largest absolute Gasteiger partial charge is 0.398 e. The van der Waals surface area contributed by atoms with Crippen molar-refractivity contribution >= 4 is 11.5 Å². The van der Waals surface area contributed by atoms with Crippen LogP contribution in [0.4, 0.5) is 5.69 Å². The lowest BCUT2D eigenvalue weighted by atomic mass is 9.94. The zero-order valence-electron chi connectivity index (χ0n) is 8.29. The Labute approximate surface area is 78.8 Å². The average molecular weight is 177 g/mol. The molecule has 2 N–H and O–H groups in total. The maximum absolute atomic E-state index is 11.3. The molecule has 13 heavy (non-hydrogen) atoms. The predicted molar refractivity (Wildman–Crippen MR) is 54.9 cm³/mol. The Balaban J connectivity index is 3.34. The first-order chi connectivity index (χ1) is 6.04. The third-order valence-corrected chi connectivity index (χ3v) is 2.10. The van der Waals surface area contributed by atoms with Crippen molar-refractivity contribution in [1.82, 2.24) is 0 Å². The number of carbonyl (C=O) groups excluding carboxylic acids is 1. The molecule has 1 aromatic carbocycles. The van der Waals surface area contributed by atoms with E-state index in [1.54, 1.807) is 13.0 Å². The molecule has 0 amide bonds. The molecule has 0 aliphatic carbocycles. The number of nitrogens with two attached hydrogens (primary N) is 1. The molecular formula is C11H15NO. The molecule has 70 valence electrons. The molecule has 0 spiro atoms. The van der Waals surface area contributed by atoms with Crippen LogP contribution in [0.25, 0.3) is 0 Å². The van der Waals surface area contributed by atoms with E-state index in [2.05, 4.69) is 13.8 Å². The molecule has 0 unspecified atom stereocenters. The van der Waals surface area contributed by atoms with Gasteiger partial charge in [-0.05, 0) is 24.5 Å². The summed E-state index contributed by atoms with van der Waals surface area (Å²) < 4.78 is 0. The molecule has 0 radical (unpaired) electrons. The fraction of sp³-hybridized carbons (Fsp3) is 0.364. The number of ketones is 1. The highest BCUT2D eigenvalue weighted by Gasteiger charge is 2.12. The first-order valence-electron chi connectivity index (χ1n) is 4.43. The quantitative estimate of drug-likeness (QED) is 0.557. The number of nitrogen functional groups attached to an aromatic ring is 1. The van der Waals surface area contributed by atoms with Crippen LogP contribution in [0.15, 0.2) is 18.2 Å². The van der Waals surface area contributed by atoms with Crippen molar-refractivity contribution in [2.45, 2.75) is 26.7 Å². The Kier molecular flexibility index (Phi) is 2.71. The monoisotopic (exact) mass is 177 g/mol. The molecule has 0 fully saturated rings. The molecule has 0 aliphatic heterocycles. The molecule has 1 aromatic rings. The molecule has 2 heteroatoms. The standard InChI is InChI=1S/C11H15NO/c1-7(2)9-5-4-6-10(12)11(9)8(3)13/h4-7H,12H2,1-3H3. The zero-order valence-corrected chi connectivity index (χ0v) is 8.29. The van der Waals surface area contributed by atoms with Crippen LogP contribution in [-0.2, 0) is 0 Å². The van der Waals surface area contributed by atoms with Gasteiger partial charge in [-0.15, -0.1) is 0 Å². The van der Waals surface area contributed by atoms with Crippen molar-refractivity contribution < 1.29 is 4.79 Å². The Morgan fingerprint density at radius 1 is 1.38 bits per heavy atom. The highest BCUT2D eigenvalue weighted by Crippen LogP contribution is 2.24. The zero-order chi connectivity index (χ0) is 10.0. The van der Waals surface area contributed by atoms with Crippen LogP contribution in [0.5, 0.6) is 0 Å². The van der Waals surface area contributed by atoms with Gasteiger partial charge in [-0.1, -0.05) is 26.0 Å². The summed E-state index contributed by atoms with van der Waals surface area (Å²) in [6.07, 6.45) is 0. The summed E-state index contributed by atoms with van der Waals surface area (Å²) in [7, 11) is 0. The van der Waals surface area contributed by atoms with Crippen molar-refractivity contribution in [3.8, 4) is 0 Å². The first-order valence-corrected chi connectivity index (χ1v) is 4.43. The molecule has 0 bridgehead atoms. The molecule has 0 heterocycles. The summed E-state index contributed by atoms with van der Waals surface area (Å²) in [5.74, 6) is 0.379. The molecule has 0 aromatic heterocycles. The lowest BCUT2D eigenvalue weighted by Gasteiger charge is -2.12. The smallest absolute Gasteiger partial charge is 0.162 e. The van der Waals surface area contributed by atoms with Crippen molar-refractivity contribution in [2.75, 3.05) is 5.73 Å². The minimum absolute atomic E-state index is 0.0433. The maximum atomic E-state index is 11.3. The molecular weight excluding hydrogens is 162 g/mol. The van der Waals surface area contributed by atoms with Gasteiger partial charge >= 0.3 is 0 Å². The van der Waals surface area contributed by atoms with Crippen molar-refractivity contribution in [3.05, 3.63) is 29.3 Å². The van der Waals surface area contributed by atoms with E-state index in [1.165, 1.54) is 0 Å². The number of carbonyl (C=O) groups is 1. The minimum Gasteiger partial charge on any atom is -0.398 e. The van der Waals surface area contributed by atoms with Crippen LogP contribution in [0.2, 0.25) is 0 Å². The second-order valence-electron chi connectivity index (χ2n) is 3.52. The van der Waals surface area contributed by atoms with E-state index < -0.39 is 0 Å². The summed E-state index contributed by atoms with van der Waals surface area (Å²) in [6, 6.07) is 5.61. The summed E-state index contributed by atoms with van der Waals surface area (Å²) in [4.78, 5) is 11.3. The van der Waals surface area contributed by atoms with E-state index in [4.69, 9.17) is 5.73 Å². The Hall–Kier alpha value is -1.31. The van der Waals surface area contributed by atoms with Gasteiger partial charge in [0.15, 0.2) is 5.78 Å². The van der Waals surface area contributed by atoms with Crippen LogP contribution < -0.4 is 5.73 Å². The Morgan fingerprint density at radius 3 is 2.38 bits per heavy atom. The predicted octanol–water partition coefficient (Wildman–Crippen LogP) is 2.59. The second kappa shape index (κ2) is 3.60. The van der Waals surface area contributed by atoms with Crippen LogP contribution >= 0.6 is 0 Å². The van der Waals surface area contributed by atoms with Crippen molar-refractivity contribution in [3.63, 3.8) is 0 Å². The summed E-state index contributed by atoms with van der Waals surface area (Å²) in [5.41, 5.74) is 8.03. The lowest BCUT2D eigenvalue weighted by molar-refractivity contribution is 0.101. The first kappa shape index (κ1) is 9.78. The summed E-state index contributed by atoms with van der Waals surface area (Å²) in [5, 5.41) is 0. The van der Waals surface area contributed by atoms with Gasteiger partial charge in [0, 0.05) is 11.3 Å². The van der Waals surface area contributed by atoms with E-state index in [0.29, 0.717) is 17.2 Å². The molecule has 1 rings (SSSR count). The number of hydrogen-bond donors (Lipinski definition) is 1. The van der Waals surface area contributed by atoms with Crippen LogP contribution in [-0.4, -0.2) is 5.78 Å². The van der Waals surface area contributed by atoms with Gasteiger partial charge in [-0.2, -0.15) is 0 Å². The van der Waals surface area contributed by atoms with E-state index >= 15 is 0 Å². The lowest BCUT2D eigenvalue weighted by Crippen LogP contribution is -2.05. The fourth-order valence-corrected chi connectivity index (χ4v) is 1.48. The number of hydrogen-bond acceptors (Lipinski definition) is 2. The van der Waals surface area contributed by atoms with E-state index in [9.17, 15) is 4.79 Å². The van der Waals surface area contributed by atoms with E-state index in [1.807, 2.05) is 12.1 Å². The minimum atomic E-state index is 0.0433. The van der Waals surface area contributed by atoms with Gasteiger partial charge in [0.2, 0.25) is 0 Å². The van der Waals surface area contributed by atoms with Gasteiger partial charge in [-0.25, -0.2) is 0 Å². The van der Waals surface area contributed by atoms with Gasteiger partial charge in [0.1, 0.15) is 0 Å². The van der Waals surface area contributed by atoms with Crippen LogP contribution in [0.3, 0.4) is 0 Å². The Morgan fingerprint density at radius 2 is 2.00 bits per heavy atom. The van der Waals surface area contributed by atoms with Gasteiger partial charge < -0.3 is 5.73 Å². The number of rotatable bonds is 2. The van der Waals surface area contributed by atoms with E-state index in [0.717, 1.165) is 5.56 Å². The normalized spacial score (nSPS) is 10.5. The summed E-state index contributed by atoms with van der Waals surface area (Å²) in [6.45, 7) is 5.67. The topological polar surface area (TPSA) is 43.1 Å². The van der Waals surface area contributed by atoms with Crippen LogP contribution in [0.1, 0.15) is 42.6 Å². The van der Waals surface area contributed by atoms with Gasteiger partial charge in [0.05, 0.1) is 0 Å². The van der Waals surface area contributed by atoms with Gasteiger partial charge in [-0.3, -0.25) is 4.79 Å². The maximum Gasteiger partial charge on any atom is 0.162 e. The second-order valence-corrected chi connectivity index (χ2v) is 3.52. The fourth-order valence-electron chi connectivity index (χ4n) is 1.48. The van der Waals surface area contributed by atoms with Crippen molar-refractivity contribution in [2.24, 2.45) is 0 Å².